The fraction of sp³-hybridized carbons (Fsp3) is 0.0833. The summed E-state index contributed by atoms with van der Waals surface area (Å²) < 4.78 is 21.7. The fourth-order valence-corrected chi connectivity index (χ4v) is 6.98. The molecule has 10 heteroatoms. The number of hydrogen-bond acceptors (Lipinski definition) is 7. The predicted molar refractivity (Wildman–Crippen MR) is 225 cm³/mol. The minimum absolute atomic E-state index is 0.141. The van der Waals surface area contributed by atoms with Gasteiger partial charge in [0.15, 0.2) is 0 Å². The lowest BCUT2D eigenvalue weighted by atomic mass is 9.98. The molecule has 0 fully saturated rings. The van der Waals surface area contributed by atoms with Gasteiger partial charge in [-0.2, -0.15) is 0 Å². The molecule has 0 bridgehead atoms. The number of carbonyl (C=O) groups excluding carboxylic acids is 2. The van der Waals surface area contributed by atoms with Crippen LogP contribution in [-0.2, 0) is 4.79 Å². The number of allylic oxidation sites excluding steroid dienone is 4. The first kappa shape index (κ1) is 37.2. The summed E-state index contributed by atoms with van der Waals surface area (Å²) in [4.78, 5) is 42.5. The Morgan fingerprint density at radius 3 is 1.36 bits per heavy atom. The smallest absolute Gasteiger partial charge is 0.270 e. The number of carbonyl (C=O) groups is 2. The summed E-state index contributed by atoms with van der Waals surface area (Å²) in [5.41, 5.74) is 8.66. The highest BCUT2D eigenvalue weighted by Gasteiger charge is 2.22. The van der Waals surface area contributed by atoms with Crippen LogP contribution in [0, 0.1) is 0 Å². The molecule has 286 valence electrons. The topological polar surface area (TPSA) is 127 Å². The van der Waals surface area contributed by atoms with Gasteiger partial charge in [-0.3, -0.25) is 9.59 Å². The molecule has 1 amide bonds. The molecule has 0 radical (unpaired) electrons. The minimum Gasteiger partial charge on any atom is -0.497 e. The van der Waals surface area contributed by atoms with Gasteiger partial charge < -0.3 is 28.9 Å². The van der Waals surface area contributed by atoms with E-state index in [-0.39, 0.29) is 11.7 Å². The number of amides is 1. The molecular weight excluding hydrogens is 729 g/mol. The molecule has 0 spiro atoms. The van der Waals surface area contributed by atoms with Gasteiger partial charge in [0.2, 0.25) is 5.78 Å². The van der Waals surface area contributed by atoms with E-state index in [4.69, 9.17) is 23.9 Å². The van der Waals surface area contributed by atoms with Gasteiger partial charge in [-0.05, 0) is 120 Å². The Morgan fingerprint density at radius 1 is 0.431 bits per heavy atom. The van der Waals surface area contributed by atoms with E-state index in [2.05, 4.69) is 15.0 Å². The first-order chi connectivity index (χ1) is 28.3. The van der Waals surface area contributed by atoms with Gasteiger partial charge >= 0.3 is 0 Å². The van der Waals surface area contributed by atoms with Crippen molar-refractivity contribution < 1.29 is 28.5 Å². The number of ketones is 1. The van der Waals surface area contributed by atoms with Crippen molar-refractivity contribution in [1.82, 2.24) is 9.97 Å². The highest BCUT2D eigenvalue weighted by molar-refractivity contribution is 6.37. The molecule has 2 N–H and O–H groups in total. The lowest BCUT2D eigenvalue weighted by molar-refractivity contribution is -0.113. The van der Waals surface area contributed by atoms with Crippen molar-refractivity contribution >= 4 is 39.8 Å². The summed E-state index contributed by atoms with van der Waals surface area (Å²) in [6.07, 6.45) is 7.08. The Labute approximate surface area is 334 Å². The second-order valence-electron chi connectivity index (χ2n) is 13.3. The fourth-order valence-electron chi connectivity index (χ4n) is 6.98. The number of methoxy groups -OCH3 is 4. The van der Waals surface area contributed by atoms with Crippen LogP contribution in [0.25, 0.3) is 16.7 Å². The summed E-state index contributed by atoms with van der Waals surface area (Å²) in [5, 5.41) is 1.61. The molecular formula is C48H38N4O6. The number of nitrogens with zero attached hydrogens (tertiary/aromatic N) is 2. The number of hydrogen-bond donors (Lipinski definition) is 2. The van der Waals surface area contributed by atoms with Crippen LogP contribution >= 0.6 is 0 Å². The molecule has 0 saturated carbocycles. The van der Waals surface area contributed by atoms with E-state index >= 15 is 0 Å². The van der Waals surface area contributed by atoms with Crippen LogP contribution in [0.4, 0.5) is 0 Å². The molecule has 0 unspecified atom stereocenters. The van der Waals surface area contributed by atoms with Crippen molar-refractivity contribution in [2.75, 3.05) is 28.4 Å². The summed E-state index contributed by atoms with van der Waals surface area (Å²) in [6, 6.07) is 38.0. The summed E-state index contributed by atoms with van der Waals surface area (Å²) in [7, 11) is 6.48. The SMILES string of the molecule is COc1ccc(C(=O)c2ccc(/C(c3ccc(OC)cc3)=c3/cc/c(=C(C4=N/C(=C(\C5=NC(=O)C=C5)c5ccc(OC)cc5)C=C4)\c4ccc(OC)cc4)[nH]3)[nH]2)cc1. The molecule has 10 nitrogen and oxygen atoms in total. The van der Waals surface area contributed by atoms with Crippen LogP contribution in [0.15, 0.2) is 161 Å². The van der Waals surface area contributed by atoms with Crippen molar-refractivity contribution in [1.29, 1.82) is 0 Å². The Kier molecular flexibility index (Phi) is 10.4. The molecule has 8 rings (SSSR count). The Balaban J connectivity index is 1.31. The number of aromatic nitrogens is 2. The quantitative estimate of drug-likeness (QED) is 0.129. The molecule has 0 atom stereocenters. The average Bonchev–Trinajstić information content (AvgIpc) is 4.12. The molecule has 2 aliphatic rings. The van der Waals surface area contributed by atoms with E-state index < -0.39 is 0 Å². The van der Waals surface area contributed by atoms with Crippen LogP contribution in [0.1, 0.15) is 38.4 Å². The van der Waals surface area contributed by atoms with Crippen molar-refractivity contribution in [3.05, 3.63) is 196 Å². The highest BCUT2D eigenvalue weighted by Crippen LogP contribution is 2.31. The van der Waals surface area contributed by atoms with Crippen molar-refractivity contribution in [2.45, 2.75) is 0 Å². The second-order valence-corrected chi connectivity index (χ2v) is 13.3. The van der Waals surface area contributed by atoms with Crippen LogP contribution in [0.5, 0.6) is 23.0 Å². The normalized spacial score (nSPS) is 15.1. The maximum absolute atomic E-state index is 13.6. The van der Waals surface area contributed by atoms with Gasteiger partial charge in [-0.15, -0.1) is 0 Å². The Bertz CT molecular complexity index is 2820. The van der Waals surface area contributed by atoms with Crippen LogP contribution < -0.4 is 29.6 Å². The molecule has 0 aliphatic carbocycles. The maximum Gasteiger partial charge on any atom is 0.270 e. The lowest BCUT2D eigenvalue weighted by Gasteiger charge is -2.10. The largest absolute Gasteiger partial charge is 0.497 e. The van der Waals surface area contributed by atoms with Gasteiger partial charge in [0, 0.05) is 44.8 Å². The number of nitrogens with one attached hydrogen (secondary N) is 2. The lowest BCUT2D eigenvalue weighted by Crippen LogP contribution is -2.19. The minimum atomic E-state index is -0.319. The molecule has 2 aliphatic heterocycles. The predicted octanol–water partition coefficient (Wildman–Crippen LogP) is 7.01. The van der Waals surface area contributed by atoms with Gasteiger partial charge in [0.1, 0.15) is 23.0 Å². The summed E-state index contributed by atoms with van der Waals surface area (Å²) in [5.74, 6) is 2.37. The third kappa shape index (κ3) is 7.46. The first-order valence-electron chi connectivity index (χ1n) is 18.4. The zero-order chi connectivity index (χ0) is 40.2. The number of ether oxygens (including phenoxy) is 4. The zero-order valence-electron chi connectivity index (χ0n) is 32.2. The number of aromatic amines is 2. The van der Waals surface area contributed by atoms with E-state index in [9.17, 15) is 9.59 Å². The first-order valence-corrected chi connectivity index (χ1v) is 18.4. The number of H-pyrrole nitrogens is 2. The van der Waals surface area contributed by atoms with E-state index in [1.54, 1.807) is 64.8 Å². The van der Waals surface area contributed by atoms with Gasteiger partial charge in [0.05, 0.1) is 51.3 Å². The number of rotatable bonds is 12. The maximum atomic E-state index is 13.6. The highest BCUT2D eigenvalue weighted by atomic mass is 16.5. The zero-order valence-corrected chi connectivity index (χ0v) is 32.2. The summed E-state index contributed by atoms with van der Waals surface area (Å²) >= 11 is 0. The second kappa shape index (κ2) is 16.2. The van der Waals surface area contributed by atoms with Gasteiger partial charge in [-0.1, -0.05) is 36.4 Å². The van der Waals surface area contributed by atoms with E-state index in [1.165, 1.54) is 6.08 Å². The molecule has 4 aromatic carbocycles. The Morgan fingerprint density at radius 2 is 0.862 bits per heavy atom. The van der Waals surface area contributed by atoms with Gasteiger partial charge in [0.25, 0.3) is 5.91 Å². The Hall–Kier alpha value is -7.72. The third-order valence-electron chi connectivity index (χ3n) is 9.94. The van der Waals surface area contributed by atoms with Crippen molar-refractivity contribution in [3.8, 4) is 23.0 Å². The van der Waals surface area contributed by atoms with Crippen molar-refractivity contribution in [3.63, 3.8) is 0 Å². The van der Waals surface area contributed by atoms with E-state index in [1.807, 2.05) is 103 Å². The standard InChI is InChI=1S/C48H38N4O6/c1-55-33-13-5-29(6-14-33)45(38-23-24-40(50-38)47(42-27-28-44(53)52-42)31-9-17-35(57-3)18-10-31)37-21-22-39(49-37)46(30-7-15-34(56-2)16-8-30)41-25-26-43(51-41)48(54)32-11-19-36(58-4)20-12-32/h5-28,49,51H,1-4H3/b45-37-,46-39-,47-40-. The molecule has 0 saturated heterocycles. The third-order valence-corrected chi connectivity index (χ3v) is 9.94. The van der Waals surface area contributed by atoms with Crippen LogP contribution in [-0.4, -0.2) is 61.5 Å². The average molecular weight is 767 g/mol. The van der Waals surface area contributed by atoms with Crippen LogP contribution in [0.3, 0.4) is 0 Å². The van der Waals surface area contributed by atoms with Crippen LogP contribution in [0.2, 0.25) is 0 Å². The number of aliphatic imine (C=N–C) groups is 2. The molecule has 58 heavy (non-hydrogen) atoms. The molecule has 2 aromatic heterocycles. The van der Waals surface area contributed by atoms with E-state index in [0.29, 0.717) is 39.9 Å². The summed E-state index contributed by atoms with van der Waals surface area (Å²) in [6.45, 7) is 0. The molecule has 4 heterocycles. The van der Waals surface area contributed by atoms with Crippen molar-refractivity contribution in [2.24, 2.45) is 9.98 Å². The van der Waals surface area contributed by atoms with E-state index in [0.717, 1.165) is 61.3 Å². The van der Waals surface area contributed by atoms with Gasteiger partial charge in [-0.25, -0.2) is 9.98 Å². The molecule has 6 aromatic rings. The monoisotopic (exact) mass is 766 g/mol. The number of benzene rings is 4.